The molecule has 0 N–H and O–H groups in total. The highest BCUT2D eigenvalue weighted by atomic mass is 32.2. The number of hydrogen-bond acceptors (Lipinski definition) is 2. The van der Waals surface area contributed by atoms with Gasteiger partial charge in [-0.15, -0.1) is 0 Å². The van der Waals surface area contributed by atoms with E-state index in [1.807, 2.05) is 36.4 Å². The van der Waals surface area contributed by atoms with E-state index in [2.05, 4.69) is 0 Å². The van der Waals surface area contributed by atoms with Crippen LogP contribution in [0.2, 0.25) is 0 Å². The Labute approximate surface area is 84.2 Å². The molecule has 1 aliphatic heterocycles. The summed E-state index contributed by atoms with van der Waals surface area (Å²) in [6, 6.07) is 9.83. The Balaban J connectivity index is 2.22. The fourth-order valence-electron chi connectivity index (χ4n) is 1.61. The second-order valence-electron chi connectivity index (χ2n) is 3.56. The largest absolute Gasteiger partial charge is 0.228 e. The maximum absolute atomic E-state index is 11.2. The molecule has 14 heavy (non-hydrogen) atoms. The zero-order valence-corrected chi connectivity index (χ0v) is 8.63. The summed E-state index contributed by atoms with van der Waals surface area (Å²) < 4.78 is 22.4. The Kier molecular flexibility index (Phi) is 2.42. The number of rotatable bonds is 1. The van der Waals surface area contributed by atoms with Crippen molar-refractivity contribution < 1.29 is 8.42 Å². The van der Waals surface area contributed by atoms with Crippen LogP contribution >= 0.6 is 0 Å². The first-order valence-electron chi connectivity index (χ1n) is 4.61. The Hall–Kier alpha value is -1.09. The average molecular weight is 208 g/mol. The topological polar surface area (TPSA) is 34.1 Å². The average Bonchev–Trinajstić information content (AvgIpc) is 2.47. The third-order valence-corrected chi connectivity index (χ3v) is 3.95. The molecule has 1 saturated heterocycles. The van der Waals surface area contributed by atoms with Crippen molar-refractivity contribution in [1.82, 2.24) is 0 Å². The summed E-state index contributed by atoms with van der Waals surface area (Å²) in [6.45, 7) is 0. The molecule has 0 aromatic heterocycles. The van der Waals surface area contributed by atoms with Gasteiger partial charge in [0.1, 0.15) is 0 Å². The maximum Gasteiger partial charge on any atom is 0.154 e. The van der Waals surface area contributed by atoms with Crippen molar-refractivity contribution in [1.29, 1.82) is 0 Å². The van der Waals surface area contributed by atoms with Gasteiger partial charge >= 0.3 is 0 Å². The predicted molar refractivity (Wildman–Crippen MR) is 57.7 cm³/mol. The summed E-state index contributed by atoms with van der Waals surface area (Å²) >= 11 is 0. The van der Waals surface area contributed by atoms with Crippen molar-refractivity contribution >= 4 is 15.9 Å². The van der Waals surface area contributed by atoms with Crippen molar-refractivity contribution in [2.24, 2.45) is 0 Å². The summed E-state index contributed by atoms with van der Waals surface area (Å²) in [4.78, 5) is 0. The van der Waals surface area contributed by atoms with Crippen LogP contribution < -0.4 is 0 Å². The van der Waals surface area contributed by atoms with E-state index in [1.54, 1.807) is 0 Å². The second-order valence-corrected chi connectivity index (χ2v) is 5.74. The van der Waals surface area contributed by atoms with Crippen LogP contribution in [0, 0.1) is 0 Å². The minimum Gasteiger partial charge on any atom is -0.228 e. The molecular formula is C11H12O2S. The van der Waals surface area contributed by atoms with Crippen LogP contribution in [-0.4, -0.2) is 19.9 Å². The Bertz CT molecular complexity index is 443. The van der Waals surface area contributed by atoms with E-state index in [4.69, 9.17) is 0 Å². The lowest BCUT2D eigenvalue weighted by Gasteiger charge is -1.94. The molecule has 1 fully saturated rings. The molecule has 0 bridgehead atoms. The second kappa shape index (κ2) is 3.58. The highest BCUT2D eigenvalue weighted by molar-refractivity contribution is 7.91. The van der Waals surface area contributed by atoms with Crippen LogP contribution in [0.5, 0.6) is 0 Å². The lowest BCUT2D eigenvalue weighted by Crippen LogP contribution is -1.99. The van der Waals surface area contributed by atoms with E-state index in [9.17, 15) is 8.42 Å². The van der Waals surface area contributed by atoms with Gasteiger partial charge in [-0.1, -0.05) is 42.0 Å². The van der Waals surface area contributed by atoms with Crippen molar-refractivity contribution in [3.63, 3.8) is 0 Å². The van der Waals surface area contributed by atoms with Gasteiger partial charge in [-0.3, -0.25) is 0 Å². The smallest absolute Gasteiger partial charge is 0.154 e. The number of sulfone groups is 1. The first kappa shape index (κ1) is 9.46. The molecule has 1 aromatic carbocycles. The molecule has 74 valence electrons. The van der Waals surface area contributed by atoms with Crippen LogP contribution in [0.4, 0.5) is 0 Å². The lowest BCUT2D eigenvalue weighted by atomic mass is 10.1. The molecule has 0 amide bonds. The number of benzene rings is 1. The summed E-state index contributed by atoms with van der Waals surface area (Å²) in [7, 11) is -2.78. The maximum atomic E-state index is 11.2. The molecule has 1 aliphatic rings. The minimum absolute atomic E-state index is 0.238. The molecule has 0 aliphatic carbocycles. The van der Waals surface area contributed by atoms with Crippen LogP contribution in [0.1, 0.15) is 12.0 Å². The summed E-state index contributed by atoms with van der Waals surface area (Å²) in [5.41, 5.74) is 2.11. The molecule has 0 atom stereocenters. The molecule has 2 rings (SSSR count). The van der Waals surface area contributed by atoms with Gasteiger partial charge in [-0.05, 0) is 12.0 Å². The standard InChI is InChI=1S/C11H12O2S/c12-14(13)7-6-11(9-14)8-10-4-2-1-3-5-10/h1-5,8H,6-7,9H2. The van der Waals surface area contributed by atoms with Gasteiger partial charge in [0.25, 0.3) is 0 Å². The highest BCUT2D eigenvalue weighted by Crippen LogP contribution is 2.19. The van der Waals surface area contributed by atoms with Crippen molar-refractivity contribution in [3.05, 3.63) is 41.5 Å². The van der Waals surface area contributed by atoms with Crippen LogP contribution in [-0.2, 0) is 9.84 Å². The molecule has 3 heteroatoms. The SMILES string of the molecule is O=S1(=O)CCC(=Cc2ccccc2)C1. The zero-order chi connectivity index (χ0) is 10.0. The van der Waals surface area contributed by atoms with Crippen LogP contribution in [0.3, 0.4) is 0 Å². The molecule has 2 nitrogen and oxygen atoms in total. The zero-order valence-electron chi connectivity index (χ0n) is 7.81. The quantitative estimate of drug-likeness (QED) is 0.706. The van der Waals surface area contributed by atoms with Gasteiger partial charge in [0.15, 0.2) is 9.84 Å². The van der Waals surface area contributed by atoms with Gasteiger partial charge in [-0.2, -0.15) is 0 Å². The van der Waals surface area contributed by atoms with Gasteiger partial charge < -0.3 is 0 Å². The highest BCUT2D eigenvalue weighted by Gasteiger charge is 2.21. The molecular weight excluding hydrogens is 196 g/mol. The molecule has 0 spiro atoms. The molecule has 0 saturated carbocycles. The molecule has 0 unspecified atom stereocenters. The Morgan fingerprint density at radius 3 is 2.43 bits per heavy atom. The van der Waals surface area contributed by atoms with E-state index in [-0.39, 0.29) is 5.75 Å². The predicted octanol–water partition coefficient (Wildman–Crippen LogP) is 1.89. The first-order chi connectivity index (χ1) is 6.66. The minimum atomic E-state index is -2.78. The fourth-order valence-corrected chi connectivity index (χ4v) is 3.12. The van der Waals surface area contributed by atoms with Crippen molar-refractivity contribution in [3.8, 4) is 0 Å². The Morgan fingerprint density at radius 2 is 1.86 bits per heavy atom. The third kappa shape index (κ3) is 2.23. The van der Waals surface area contributed by atoms with Gasteiger partial charge in [0.05, 0.1) is 11.5 Å². The van der Waals surface area contributed by atoms with Crippen LogP contribution in [0.15, 0.2) is 35.9 Å². The molecule has 0 radical (unpaired) electrons. The normalized spacial score (nSPS) is 22.7. The molecule has 1 aromatic rings. The molecule has 1 heterocycles. The van der Waals surface area contributed by atoms with E-state index in [1.165, 1.54) is 0 Å². The van der Waals surface area contributed by atoms with E-state index in [0.29, 0.717) is 12.2 Å². The van der Waals surface area contributed by atoms with E-state index < -0.39 is 9.84 Å². The summed E-state index contributed by atoms with van der Waals surface area (Å²) in [5.74, 6) is 0.549. The van der Waals surface area contributed by atoms with Crippen LogP contribution in [0.25, 0.3) is 6.08 Å². The van der Waals surface area contributed by atoms with Gasteiger partial charge in [-0.25, -0.2) is 8.42 Å². The first-order valence-corrected chi connectivity index (χ1v) is 6.43. The van der Waals surface area contributed by atoms with Gasteiger partial charge in [0.2, 0.25) is 0 Å². The van der Waals surface area contributed by atoms with Crippen molar-refractivity contribution in [2.75, 3.05) is 11.5 Å². The van der Waals surface area contributed by atoms with E-state index >= 15 is 0 Å². The monoisotopic (exact) mass is 208 g/mol. The summed E-state index contributed by atoms with van der Waals surface area (Å²) in [6.07, 6.45) is 2.67. The third-order valence-electron chi connectivity index (χ3n) is 2.31. The van der Waals surface area contributed by atoms with Gasteiger partial charge in [0, 0.05) is 0 Å². The fraction of sp³-hybridized carbons (Fsp3) is 0.273. The lowest BCUT2D eigenvalue weighted by molar-refractivity contribution is 0.602. The van der Waals surface area contributed by atoms with E-state index in [0.717, 1.165) is 11.1 Å². The summed E-state index contributed by atoms with van der Waals surface area (Å²) in [5, 5.41) is 0. The van der Waals surface area contributed by atoms with Crippen molar-refractivity contribution in [2.45, 2.75) is 6.42 Å². The number of hydrogen-bond donors (Lipinski definition) is 0. The Morgan fingerprint density at radius 1 is 1.14 bits per heavy atom.